The molecule has 1 heterocycles. The van der Waals surface area contributed by atoms with E-state index < -0.39 is 10.0 Å². The van der Waals surface area contributed by atoms with E-state index >= 15 is 0 Å². The SMILES string of the molecule is Cc1csc(CNC(C)C)c1S(=O)(=O)NC(C)C1CC1. The van der Waals surface area contributed by atoms with Gasteiger partial charge in [0.15, 0.2) is 0 Å². The molecule has 0 aliphatic heterocycles. The van der Waals surface area contributed by atoms with E-state index in [-0.39, 0.29) is 6.04 Å². The molecule has 0 radical (unpaired) electrons. The fourth-order valence-electron chi connectivity index (χ4n) is 2.26. The first kappa shape index (κ1) is 15.9. The molecule has 2 N–H and O–H groups in total. The molecule has 0 bridgehead atoms. The van der Waals surface area contributed by atoms with E-state index in [1.54, 1.807) is 0 Å². The van der Waals surface area contributed by atoms with Crippen LogP contribution in [0.25, 0.3) is 0 Å². The van der Waals surface area contributed by atoms with Gasteiger partial charge in [-0.2, -0.15) is 0 Å². The molecule has 1 atom stereocenters. The van der Waals surface area contributed by atoms with E-state index in [2.05, 4.69) is 23.9 Å². The Balaban J connectivity index is 2.18. The second-order valence-electron chi connectivity index (χ2n) is 5.95. The van der Waals surface area contributed by atoms with Crippen LogP contribution in [0.15, 0.2) is 10.3 Å². The third-order valence-electron chi connectivity index (χ3n) is 3.60. The maximum atomic E-state index is 12.6. The Labute approximate surface area is 126 Å². The van der Waals surface area contributed by atoms with Crippen molar-refractivity contribution < 1.29 is 8.42 Å². The van der Waals surface area contributed by atoms with Gasteiger partial charge in [-0.1, -0.05) is 13.8 Å². The maximum Gasteiger partial charge on any atom is 0.242 e. The number of nitrogens with one attached hydrogen (secondary N) is 2. The van der Waals surface area contributed by atoms with Crippen molar-refractivity contribution in [1.82, 2.24) is 10.0 Å². The van der Waals surface area contributed by atoms with Crippen LogP contribution in [0.3, 0.4) is 0 Å². The van der Waals surface area contributed by atoms with Gasteiger partial charge in [0.25, 0.3) is 0 Å². The molecule has 0 spiro atoms. The summed E-state index contributed by atoms with van der Waals surface area (Å²) < 4.78 is 28.0. The number of thiophene rings is 1. The van der Waals surface area contributed by atoms with Crippen molar-refractivity contribution in [3.63, 3.8) is 0 Å². The predicted octanol–water partition coefficient (Wildman–Crippen LogP) is 2.63. The minimum Gasteiger partial charge on any atom is -0.310 e. The monoisotopic (exact) mass is 316 g/mol. The van der Waals surface area contributed by atoms with Crippen molar-refractivity contribution in [3.8, 4) is 0 Å². The first-order chi connectivity index (χ1) is 9.31. The summed E-state index contributed by atoms with van der Waals surface area (Å²) in [6.45, 7) is 8.54. The van der Waals surface area contributed by atoms with Crippen molar-refractivity contribution >= 4 is 21.4 Å². The zero-order chi connectivity index (χ0) is 14.9. The molecule has 1 aromatic rings. The molecule has 1 aromatic heterocycles. The summed E-state index contributed by atoms with van der Waals surface area (Å²) >= 11 is 1.51. The van der Waals surface area contributed by atoms with Crippen LogP contribution < -0.4 is 10.0 Å². The molecule has 0 amide bonds. The number of rotatable bonds is 7. The largest absolute Gasteiger partial charge is 0.310 e. The highest BCUT2D eigenvalue weighted by Crippen LogP contribution is 2.34. The summed E-state index contributed by atoms with van der Waals surface area (Å²) in [5, 5.41) is 5.22. The first-order valence-corrected chi connectivity index (χ1v) is 9.50. The number of sulfonamides is 1. The number of hydrogen-bond donors (Lipinski definition) is 2. The summed E-state index contributed by atoms with van der Waals surface area (Å²) in [5.41, 5.74) is 0.839. The van der Waals surface area contributed by atoms with Crippen molar-refractivity contribution in [1.29, 1.82) is 0 Å². The topological polar surface area (TPSA) is 58.2 Å². The highest BCUT2D eigenvalue weighted by molar-refractivity contribution is 7.89. The van der Waals surface area contributed by atoms with Gasteiger partial charge in [0, 0.05) is 23.5 Å². The van der Waals surface area contributed by atoms with Gasteiger partial charge >= 0.3 is 0 Å². The quantitative estimate of drug-likeness (QED) is 0.813. The Hall–Kier alpha value is -0.430. The van der Waals surface area contributed by atoms with Crippen LogP contribution >= 0.6 is 11.3 Å². The van der Waals surface area contributed by atoms with Crippen LogP contribution in [0.4, 0.5) is 0 Å². The Bertz CT molecular complexity index is 560. The van der Waals surface area contributed by atoms with Gasteiger partial charge in [0.1, 0.15) is 4.90 Å². The van der Waals surface area contributed by atoms with Crippen molar-refractivity contribution in [2.45, 2.75) is 64.1 Å². The van der Waals surface area contributed by atoms with E-state index in [9.17, 15) is 8.42 Å². The third-order valence-corrected chi connectivity index (χ3v) is 6.62. The minimum atomic E-state index is -3.41. The lowest BCUT2D eigenvalue weighted by Gasteiger charge is -2.15. The fourth-order valence-corrected chi connectivity index (χ4v) is 5.34. The zero-order valence-corrected chi connectivity index (χ0v) is 14.2. The summed E-state index contributed by atoms with van der Waals surface area (Å²) in [7, 11) is -3.41. The Kier molecular flexibility index (Phi) is 4.89. The standard InChI is InChI=1S/C14H24N2O2S2/c1-9(2)15-7-13-14(10(3)8-19-13)20(17,18)16-11(4)12-5-6-12/h8-9,11-12,15-16H,5-7H2,1-4H3. The lowest BCUT2D eigenvalue weighted by molar-refractivity contribution is 0.535. The fraction of sp³-hybridized carbons (Fsp3) is 0.714. The summed E-state index contributed by atoms with van der Waals surface area (Å²) in [6.07, 6.45) is 2.27. The third kappa shape index (κ3) is 3.81. The smallest absolute Gasteiger partial charge is 0.242 e. The normalized spacial score (nSPS) is 17.6. The van der Waals surface area contributed by atoms with Crippen LogP contribution in [0, 0.1) is 12.8 Å². The molecule has 114 valence electrons. The van der Waals surface area contributed by atoms with Gasteiger partial charge in [0.05, 0.1) is 0 Å². The number of aryl methyl sites for hydroxylation is 1. The molecule has 0 aromatic carbocycles. The lowest BCUT2D eigenvalue weighted by atomic mass is 10.2. The maximum absolute atomic E-state index is 12.6. The van der Waals surface area contributed by atoms with Gasteiger partial charge in [-0.15, -0.1) is 11.3 Å². The van der Waals surface area contributed by atoms with Gasteiger partial charge in [0.2, 0.25) is 10.0 Å². The second kappa shape index (κ2) is 6.13. The predicted molar refractivity (Wildman–Crippen MR) is 83.5 cm³/mol. The molecule has 2 rings (SSSR count). The molecule has 6 heteroatoms. The van der Waals surface area contributed by atoms with Crippen molar-refractivity contribution in [2.24, 2.45) is 5.92 Å². The molecule has 4 nitrogen and oxygen atoms in total. The Morgan fingerprint density at radius 2 is 2.00 bits per heavy atom. The number of hydrogen-bond acceptors (Lipinski definition) is 4. The lowest BCUT2D eigenvalue weighted by Crippen LogP contribution is -2.35. The Morgan fingerprint density at radius 1 is 1.35 bits per heavy atom. The molecule has 20 heavy (non-hydrogen) atoms. The van der Waals surface area contributed by atoms with Crippen molar-refractivity contribution in [2.75, 3.05) is 0 Å². The average Bonchev–Trinajstić information content (AvgIpc) is 3.10. The van der Waals surface area contributed by atoms with E-state index in [1.807, 2.05) is 19.2 Å². The van der Waals surface area contributed by atoms with Gasteiger partial charge < -0.3 is 5.32 Å². The van der Waals surface area contributed by atoms with E-state index in [0.717, 1.165) is 23.3 Å². The van der Waals surface area contributed by atoms with E-state index in [0.29, 0.717) is 23.4 Å². The molecular weight excluding hydrogens is 292 g/mol. The highest BCUT2D eigenvalue weighted by Gasteiger charge is 2.32. The van der Waals surface area contributed by atoms with Gasteiger partial charge in [-0.3, -0.25) is 0 Å². The van der Waals surface area contributed by atoms with Crippen LogP contribution in [0.2, 0.25) is 0 Å². The molecular formula is C14H24N2O2S2. The summed E-state index contributed by atoms with van der Waals surface area (Å²) in [4.78, 5) is 1.37. The second-order valence-corrected chi connectivity index (χ2v) is 8.57. The molecule has 1 saturated carbocycles. The van der Waals surface area contributed by atoms with Crippen LogP contribution in [0.1, 0.15) is 44.1 Å². The van der Waals surface area contributed by atoms with E-state index in [4.69, 9.17) is 0 Å². The summed E-state index contributed by atoms with van der Waals surface area (Å²) in [6, 6.07) is 0.372. The van der Waals surface area contributed by atoms with Crippen molar-refractivity contribution in [3.05, 3.63) is 15.8 Å². The Morgan fingerprint density at radius 3 is 2.55 bits per heavy atom. The highest BCUT2D eigenvalue weighted by atomic mass is 32.2. The molecule has 1 aliphatic rings. The molecule has 1 fully saturated rings. The van der Waals surface area contributed by atoms with Crippen LogP contribution in [-0.2, 0) is 16.6 Å². The van der Waals surface area contributed by atoms with Gasteiger partial charge in [-0.05, 0) is 43.6 Å². The first-order valence-electron chi connectivity index (χ1n) is 7.14. The molecule has 1 unspecified atom stereocenters. The average molecular weight is 316 g/mol. The van der Waals surface area contributed by atoms with Crippen LogP contribution in [0.5, 0.6) is 0 Å². The minimum absolute atomic E-state index is 0.0326. The molecule has 0 saturated heterocycles. The van der Waals surface area contributed by atoms with Gasteiger partial charge in [-0.25, -0.2) is 13.1 Å². The molecule has 1 aliphatic carbocycles. The zero-order valence-electron chi connectivity index (χ0n) is 12.6. The van der Waals surface area contributed by atoms with Crippen LogP contribution in [-0.4, -0.2) is 20.5 Å². The van der Waals surface area contributed by atoms with E-state index in [1.165, 1.54) is 11.3 Å². The summed E-state index contributed by atoms with van der Waals surface area (Å²) in [5.74, 6) is 0.515.